The molecule has 0 saturated heterocycles. The molecule has 1 atom stereocenters. The van der Waals surface area contributed by atoms with Crippen molar-refractivity contribution in [3.8, 4) is 0 Å². The van der Waals surface area contributed by atoms with E-state index in [0.29, 0.717) is 6.04 Å². The van der Waals surface area contributed by atoms with Crippen LogP contribution in [-0.4, -0.2) is 0 Å². The van der Waals surface area contributed by atoms with Gasteiger partial charge in [-0.05, 0) is 40.8 Å². The van der Waals surface area contributed by atoms with Gasteiger partial charge in [0.15, 0.2) is 0 Å². The second kappa shape index (κ2) is 7.46. The Morgan fingerprint density at radius 2 is 1.95 bits per heavy atom. The van der Waals surface area contributed by atoms with Crippen LogP contribution in [0.5, 0.6) is 0 Å². The fraction of sp³-hybridized carbons (Fsp3) is 0.412. The summed E-state index contributed by atoms with van der Waals surface area (Å²) in [6.45, 7) is 5.42. The van der Waals surface area contributed by atoms with Crippen molar-refractivity contribution in [3.63, 3.8) is 0 Å². The topological polar surface area (TPSA) is 12.0 Å². The fourth-order valence-electron chi connectivity index (χ4n) is 2.28. The maximum atomic E-state index is 3.72. The van der Waals surface area contributed by atoms with E-state index in [1.54, 1.807) is 11.3 Å². The number of unbranched alkanes of at least 4 members (excludes halogenated alkanes) is 1. The van der Waals surface area contributed by atoms with Gasteiger partial charge >= 0.3 is 0 Å². The molecule has 19 heavy (non-hydrogen) atoms. The van der Waals surface area contributed by atoms with E-state index in [1.807, 2.05) is 0 Å². The van der Waals surface area contributed by atoms with Crippen molar-refractivity contribution in [1.29, 1.82) is 0 Å². The van der Waals surface area contributed by atoms with Crippen LogP contribution in [0.2, 0.25) is 0 Å². The summed E-state index contributed by atoms with van der Waals surface area (Å²) in [5.41, 5.74) is 4.24. The number of hydrogen-bond donors (Lipinski definition) is 1. The smallest absolute Gasteiger partial charge is 0.0323 e. The normalized spacial score (nSPS) is 12.5. The Balaban J connectivity index is 2.00. The molecule has 2 rings (SSSR count). The van der Waals surface area contributed by atoms with Gasteiger partial charge in [-0.2, -0.15) is 11.3 Å². The van der Waals surface area contributed by atoms with Crippen molar-refractivity contribution in [1.82, 2.24) is 5.32 Å². The van der Waals surface area contributed by atoms with E-state index in [2.05, 4.69) is 60.3 Å². The van der Waals surface area contributed by atoms with Crippen molar-refractivity contribution in [2.75, 3.05) is 0 Å². The lowest BCUT2D eigenvalue weighted by Gasteiger charge is -2.19. The highest BCUT2D eigenvalue weighted by molar-refractivity contribution is 7.08. The average Bonchev–Trinajstić information content (AvgIpc) is 2.85. The lowest BCUT2D eigenvalue weighted by molar-refractivity contribution is 0.480. The third-order valence-corrected chi connectivity index (χ3v) is 4.46. The molecule has 1 N–H and O–H groups in total. The molecular formula is C17H23NS. The van der Waals surface area contributed by atoms with Crippen LogP contribution >= 0.6 is 11.3 Å². The number of thiophene rings is 1. The zero-order valence-electron chi connectivity index (χ0n) is 11.9. The fourth-order valence-corrected chi connectivity index (χ4v) is 3.14. The Bertz CT molecular complexity index is 475. The number of rotatable bonds is 7. The largest absolute Gasteiger partial charge is 0.306 e. The quantitative estimate of drug-likeness (QED) is 0.742. The number of aryl methyl sites for hydroxylation is 1. The van der Waals surface area contributed by atoms with Gasteiger partial charge in [0, 0.05) is 12.6 Å². The number of benzene rings is 1. The van der Waals surface area contributed by atoms with Gasteiger partial charge in [0.2, 0.25) is 0 Å². The maximum absolute atomic E-state index is 3.72. The van der Waals surface area contributed by atoms with Crippen LogP contribution in [0.25, 0.3) is 0 Å². The Labute approximate surface area is 120 Å². The van der Waals surface area contributed by atoms with Crippen LogP contribution in [0, 0.1) is 6.92 Å². The van der Waals surface area contributed by atoms with Crippen LogP contribution in [-0.2, 0) is 6.54 Å². The summed E-state index contributed by atoms with van der Waals surface area (Å²) >= 11 is 1.79. The highest BCUT2D eigenvalue weighted by atomic mass is 32.1. The summed E-state index contributed by atoms with van der Waals surface area (Å²) in [6, 6.07) is 11.3. The van der Waals surface area contributed by atoms with Gasteiger partial charge in [-0.1, -0.05) is 50.1 Å². The molecule has 0 aliphatic rings. The Hall–Kier alpha value is -1.12. The first-order chi connectivity index (χ1) is 9.31. The molecule has 102 valence electrons. The molecule has 0 radical (unpaired) electrons. The minimum Gasteiger partial charge on any atom is -0.306 e. The predicted octanol–water partition coefficient (Wildman–Crippen LogP) is 5.08. The van der Waals surface area contributed by atoms with E-state index in [9.17, 15) is 0 Å². The third-order valence-electron chi connectivity index (χ3n) is 3.55. The Morgan fingerprint density at radius 1 is 1.16 bits per heavy atom. The first kappa shape index (κ1) is 14.3. The molecule has 0 bridgehead atoms. The zero-order chi connectivity index (χ0) is 13.5. The zero-order valence-corrected chi connectivity index (χ0v) is 12.7. The Kier molecular flexibility index (Phi) is 5.62. The van der Waals surface area contributed by atoms with Crippen molar-refractivity contribution in [2.45, 2.75) is 45.7 Å². The first-order valence-corrected chi connectivity index (χ1v) is 8.05. The molecule has 1 aromatic heterocycles. The van der Waals surface area contributed by atoms with Crippen LogP contribution in [0.1, 0.15) is 48.9 Å². The van der Waals surface area contributed by atoms with E-state index in [0.717, 1.165) is 6.54 Å². The van der Waals surface area contributed by atoms with Crippen molar-refractivity contribution in [3.05, 3.63) is 57.8 Å². The van der Waals surface area contributed by atoms with Gasteiger partial charge in [0.05, 0.1) is 0 Å². The van der Waals surface area contributed by atoms with Gasteiger partial charge < -0.3 is 5.32 Å². The molecule has 0 fully saturated rings. The monoisotopic (exact) mass is 273 g/mol. The highest BCUT2D eigenvalue weighted by Crippen LogP contribution is 2.21. The molecule has 2 heteroatoms. The highest BCUT2D eigenvalue weighted by Gasteiger charge is 2.10. The van der Waals surface area contributed by atoms with Gasteiger partial charge in [-0.15, -0.1) is 0 Å². The minimum absolute atomic E-state index is 0.473. The molecule has 1 aromatic carbocycles. The molecular weight excluding hydrogens is 250 g/mol. The van der Waals surface area contributed by atoms with Gasteiger partial charge in [-0.25, -0.2) is 0 Å². The van der Waals surface area contributed by atoms with E-state index in [4.69, 9.17) is 0 Å². The average molecular weight is 273 g/mol. The van der Waals surface area contributed by atoms with Crippen molar-refractivity contribution >= 4 is 11.3 Å². The molecule has 1 unspecified atom stereocenters. The minimum atomic E-state index is 0.473. The summed E-state index contributed by atoms with van der Waals surface area (Å²) < 4.78 is 0. The van der Waals surface area contributed by atoms with E-state index in [-0.39, 0.29) is 0 Å². The van der Waals surface area contributed by atoms with E-state index in [1.165, 1.54) is 36.0 Å². The van der Waals surface area contributed by atoms with Crippen LogP contribution in [0.15, 0.2) is 41.1 Å². The summed E-state index contributed by atoms with van der Waals surface area (Å²) in [5.74, 6) is 0. The molecule has 0 amide bonds. The van der Waals surface area contributed by atoms with Crippen molar-refractivity contribution < 1.29 is 0 Å². The predicted molar refractivity (Wildman–Crippen MR) is 84.6 cm³/mol. The van der Waals surface area contributed by atoms with Crippen LogP contribution < -0.4 is 5.32 Å². The summed E-state index contributed by atoms with van der Waals surface area (Å²) in [6.07, 6.45) is 3.74. The lowest BCUT2D eigenvalue weighted by Crippen LogP contribution is -2.21. The SMILES string of the molecule is CCCCC(NCc1cscc1C)c1ccccc1. The standard InChI is InChI=1S/C17H23NS/c1-3-4-10-17(15-8-6-5-7-9-15)18-11-16-13-19-12-14(16)2/h5-9,12-13,17-18H,3-4,10-11H2,1-2H3. The second-order valence-corrected chi connectivity index (χ2v) is 5.81. The number of hydrogen-bond acceptors (Lipinski definition) is 2. The lowest BCUT2D eigenvalue weighted by atomic mass is 10.0. The Morgan fingerprint density at radius 3 is 2.58 bits per heavy atom. The molecule has 0 aliphatic heterocycles. The van der Waals surface area contributed by atoms with Crippen LogP contribution in [0.3, 0.4) is 0 Å². The molecule has 1 heterocycles. The number of nitrogens with one attached hydrogen (secondary N) is 1. The summed E-state index contributed by atoms with van der Waals surface area (Å²) in [7, 11) is 0. The molecule has 0 spiro atoms. The van der Waals surface area contributed by atoms with Gasteiger partial charge in [0.1, 0.15) is 0 Å². The maximum Gasteiger partial charge on any atom is 0.0323 e. The van der Waals surface area contributed by atoms with E-state index >= 15 is 0 Å². The van der Waals surface area contributed by atoms with Crippen LogP contribution in [0.4, 0.5) is 0 Å². The summed E-state index contributed by atoms with van der Waals surface area (Å²) in [4.78, 5) is 0. The van der Waals surface area contributed by atoms with E-state index < -0.39 is 0 Å². The molecule has 1 nitrogen and oxygen atoms in total. The second-order valence-electron chi connectivity index (χ2n) is 5.07. The first-order valence-electron chi connectivity index (χ1n) is 7.11. The van der Waals surface area contributed by atoms with Crippen molar-refractivity contribution in [2.24, 2.45) is 0 Å². The molecule has 0 saturated carbocycles. The summed E-state index contributed by atoms with van der Waals surface area (Å²) in [5, 5.41) is 8.20. The van der Waals surface area contributed by atoms with Gasteiger partial charge in [0.25, 0.3) is 0 Å². The molecule has 2 aromatic rings. The van der Waals surface area contributed by atoms with Gasteiger partial charge in [-0.3, -0.25) is 0 Å². The molecule has 0 aliphatic carbocycles. The third kappa shape index (κ3) is 4.19.